The number of ketones is 1. The molecule has 0 aliphatic carbocycles. The lowest BCUT2D eigenvalue weighted by molar-refractivity contribution is -0.141. The summed E-state index contributed by atoms with van der Waals surface area (Å²) >= 11 is 0. The summed E-state index contributed by atoms with van der Waals surface area (Å²) in [6.07, 6.45) is 0.189. The summed E-state index contributed by atoms with van der Waals surface area (Å²) in [6, 6.07) is 6.50. The fraction of sp³-hybridized carbons (Fsp3) is 0.481. The van der Waals surface area contributed by atoms with Crippen molar-refractivity contribution in [2.24, 2.45) is 5.92 Å². The van der Waals surface area contributed by atoms with Crippen LogP contribution in [0.1, 0.15) is 83.8 Å². The zero-order valence-electron chi connectivity index (χ0n) is 21.7. The highest BCUT2D eigenvalue weighted by molar-refractivity contribution is 6.07. The Kier molecular flexibility index (Phi) is 13.1. The molecule has 190 valence electrons. The van der Waals surface area contributed by atoms with Gasteiger partial charge in [0.15, 0.2) is 17.2 Å². The summed E-state index contributed by atoms with van der Waals surface area (Å²) in [5, 5.41) is 8.95. The highest BCUT2D eigenvalue weighted by atomic mass is 19.1. The molecule has 2 aromatic rings. The molecule has 7 heteroatoms. The minimum atomic E-state index is -1.10. The predicted molar refractivity (Wildman–Crippen MR) is 131 cm³/mol. The topological polar surface area (TPSA) is 72.8 Å². The number of carbonyl (C=O) groups excluding carboxylic acids is 1. The first-order valence-electron chi connectivity index (χ1n) is 11.8. The van der Waals surface area contributed by atoms with Gasteiger partial charge in [-0.3, -0.25) is 9.59 Å². The molecule has 0 saturated heterocycles. The first-order chi connectivity index (χ1) is 16.1. The van der Waals surface area contributed by atoms with Crippen molar-refractivity contribution in [2.75, 3.05) is 0 Å². The van der Waals surface area contributed by atoms with Gasteiger partial charge in [0.25, 0.3) is 0 Å². The van der Waals surface area contributed by atoms with Crippen molar-refractivity contribution >= 4 is 11.8 Å². The maximum Gasteiger partial charge on any atom is 0.306 e. The highest BCUT2D eigenvalue weighted by Gasteiger charge is 2.41. The lowest BCUT2D eigenvalue weighted by Crippen LogP contribution is -2.32. The quantitative estimate of drug-likeness (QED) is 0.472. The average molecular weight is 481 g/mol. The number of halogens is 2. The van der Waals surface area contributed by atoms with Crippen molar-refractivity contribution in [1.82, 2.24) is 0 Å². The summed E-state index contributed by atoms with van der Waals surface area (Å²) in [6.45, 7) is 16.5. The van der Waals surface area contributed by atoms with E-state index in [0.717, 1.165) is 6.07 Å². The first-order valence-corrected chi connectivity index (χ1v) is 11.8. The molecule has 1 aliphatic heterocycles. The maximum atomic E-state index is 14.3. The van der Waals surface area contributed by atoms with Crippen LogP contribution in [0.3, 0.4) is 0 Å². The third kappa shape index (κ3) is 7.82. The van der Waals surface area contributed by atoms with Crippen LogP contribution in [-0.4, -0.2) is 22.5 Å². The van der Waals surface area contributed by atoms with Crippen LogP contribution >= 0.6 is 0 Å². The van der Waals surface area contributed by atoms with Crippen LogP contribution in [0.5, 0.6) is 11.5 Å². The molecule has 34 heavy (non-hydrogen) atoms. The maximum absolute atomic E-state index is 14.3. The lowest BCUT2D eigenvalue weighted by Gasteiger charge is -2.17. The van der Waals surface area contributed by atoms with Gasteiger partial charge in [0.05, 0.1) is 11.5 Å². The Morgan fingerprint density at radius 3 is 2.18 bits per heavy atom. The zero-order valence-corrected chi connectivity index (χ0v) is 21.7. The molecular formula is C27H38F2O5. The van der Waals surface area contributed by atoms with Crippen LogP contribution < -0.4 is 9.47 Å². The number of hydrogen-bond donors (Lipinski definition) is 1. The molecular weight excluding hydrogens is 442 g/mol. The van der Waals surface area contributed by atoms with Crippen molar-refractivity contribution in [3.8, 4) is 11.5 Å². The Bertz CT molecular complexity index is 954. The van der Waals surface area contributed by atoms with Gasteiger partial charge in [-0.15, -0.1) is 0 Å². The molecule has 0 aromatic heterocycles. The van der Waals surface area contributed by atoms with Gasteiger partial charge >= 0.3 is 5.97 Å². The number of Topliss-reactive ketones (excluding diaryl/α,β-unsaturated/α-hetero) is 1. The SMILES string of the molecule is CC.CC.CC.CC(Cc1ccc(OCc2cc(F)cc3c2OC(C)(C)C3=O)c(F)c1)C(=O)O. The molecule has 2 aromatic carbocycles. The number of hydrogen-bond acceptors (Lipinski definition) is 4. The summed E-state index contributed by atoms with van der Waals surface area (Å²) in [5.74, 6) is -3.01. The number of aliphatic carboxylic acids is 1. The van der Waals surface area contributed by atoms with Crippen LogP contribution in [0.15, 0.2) is 30.3 Å². The summed E-state index contributed by atoms with van der Waals surface area (Å²) < 4.78 is 39.3. The number of carboxylic acid groups (broad SMARTS) is 1. The number of ether oxygens (including phenoxy) is 2. The molecule has 1 unspecified atom stereocenters. The second-order valence-electron chi connectivity index (χ2n) is 7.38. The molecule has 5 nitrogen and oxygen atoms in total. The van der Waals surface area contributed by atoms with E-state index in [-0.39, 0.29) is 35.9 Å². The van der Waals surface area contributed by atoms with Gasteiger partial charge in [0.2, 0.25) is 5.78 Å². The van der Waals surface area contributed by atoms with Crippen molar-refractivity contribution in [2.45, 2.75) is 80.9 Å². The molecule has 1 N–H and O–H groups in total. The van der Waals surface area contributed by atoms with Crippen molar-refractivity contribution in [3.05, 3.63) is 58.7 Å². The number of rotatable bonds is 6. The van der Waals surface area contributed by atoms with Crippen molar-refractivity contribution in [3.63, 3.8) is 0 Å². The van der Waals surface area contributed by atoms with Gasteiger partial charge in [0, 0.05) is 5.56 Å². The van der Waals surface area contributed by atoms with Crippen LogP contribution in [0, 0.1) is 17.6 Å². The van der Waals surface area contributed by atoms with Crippen LogP contribution in [0.2, 0.25) is 0 Å². The van der Waals surface area contributed by atoms with Gasteiger partial charge in [-0.1, -0.05) is 54.5 Å². The zero-order chi connectivity index (χ0) is 26.6. The molecule has 0 amide bonds. The van der Waals surface area contributed by atoms with Gasteiger partial charge < -0.3 is 14.6 Å². The van der Waals surface area contributed by atoms with Gasteiger partial charge in [-0.2, -0.15) is 0 Å². The van der Waals surface area contributed by atoms with Gasteiger partial charge in [-0.05, 0) is 50.1 Å². The Morgan fingerprint density at radius 1 is 1.06 bits per heavy atom. The molecule has 0 bridgehead atoms. The standard InChI is InChI=1S/C21H20F2O5.3C2H6/c1-11(20(25)26)6-12-4-5-17(16(23)7-12)27-10-13-8-14(22)9-15-18(13)28-21(2,3)19(15)24;3*1-2/h4-5,7-9,11H,6,10H2,1-3H3,(H,25,26);3*1-2H3. The number of carbonyl (C=O) groups is 2. The van der Waals surface area contributed by atoms with E-state index < -0.39 is 29.1 Å². The fourth-order valence-corrected chi connectivity index (χ4v) is 3.06. The van der Waals surface area contributed by atoms with E-state index in [1.54, 1.807) is 19.9 Å². The van der Waals surface area contributed by atoms with Crippen LogP contribution in [-0.2, 0) is 17.8 Å². The summed E-state index contributed by atoms with van der Waals surface area (Å²) in [5.41, 5.74) is -0.125. The van der Waals surface area contributed by atoms with E-state index in [1.165, 1.54) is 25.1 Å². The molecule has 3 rings (SSSR count). The monoisotopic (exact) mass is 480 g/mol. The highest BCUT2D eigenvalue weighted by Crippen LogP contribution is 2.38. The van der Waals surface area contributed by atoms with Crippen molar-refractivity contribution < 1.29 is 33.0 Å². The molecule has 0 fully saturated rings. The minimum Gasteiger partial charge on any atom is -0.486 e. The number of fused-ring (bicyclic) bond motifs is 1. The van der Waals surface area contributed by atoms with E-state index in [9.17, 15) is 18.4 Å². The first kappa shape index (κ1) is 31.0. The Balaban J connectivity index is 0.00000168. The Morgan fingerprint density at radius 2 is 1.65 bits per heavy atom. The van der Waals surface area contributed by atoms with Gasteiger partial charge in [0.1, 0.15) is 18.2 Å². The van der Waals surface area contributed by atoms with E-state index in [1.807, 2.05) is 41.5 Å². The minimum absolute atomic E-state index is 0.0617. The second-order valence-corrected chi connectivity index (χ2v) is 7.38. The molecule has 0 spiro atoms. The molecule has 1 heterocycles. The van der Waals surface area contributed by atoms with E-state index in [0.29, 0.717) is 11.1 Å². The number of benzene rings is 2. The lowest BCUT2D eigenvalue weighted by atomic mass is 9.98. The van der Waals surface area contributed by atoms with E-state index >= 15 is 0 Å². The Labute approximate surface area is 202 Å². The van der Waals surface area contributed by atoms with Crippen molar-refractivity contribution in [1.29, 1.82) is 0 Å². The molecule has 1 atom stereocenters. The number of carboxylic acids is 1. The largest absolute Gasteiger partial charge is 0.486 e. The fourth-order valence-electron chi connectivity index (χ4n) is 3.06. The normalized spacial score (nSPS) is 13.4. The second kappa shape index (κ2) is 14.3. The smallest absolute Gasteiger partial charge is 0.306 e. The third-order valence-corrected chi connectivity index (χ3v) is 4.62. The summed E-state index contributed by atoms with van der Waals surface area (Å²) in [4.78, 5) is 23.2. The third-order valence-electron chi connectivity index (χ3n) is 4.62. The van der Waals surface area contributed by atoms with Gasteiger partial charge in [-0.25, -0.2) is 8.78 Å². The molecule has 0 radical (unpaired) electrons. The molecule has 0 saturated carbocycles. The summed E-state index contributed by atoms with van der Waals surface area (Å²) in [7, 11) is 0. The van der Waals surface area contributed by atoms with E-state index in [4.69, 9.17) is 14.6 Å². The van der Waals surface area contributed by atoms with Crippen LogP contribution in [0.4, 0.5) is 8.78 Å². The van der Waals surface area contributed by atoms with E-state index in [2.05, 4.69) is 0 Å². The van der Waals surface area contributed by atoms with Crippen LogP contribution in [0.25, 0.3) is 0 Å². The predicted octanol–water partition coefficient (Wildman–Crippen LogP) is 7.24. The average Bonchev–Trinajstić information content (AvgIpc) is 3.05. The Hall–Kier alpha value is -2.96. The molecule has 1 aliphatic rings.